The maximum Gasteiger partial charge on any atom is 0.103 e. The number of aromatic nitrogens is 1. The topological polar surface area (TPSA) is 38.9 Å². The zero-order valence-electron chi connectivity index (χ0n) is 8.33. The van der Waals surface area contributed by atoms with Gasteiger partial charge in [-0.3, -0.25) is 0 Å². The zero-order chi connectivity index (χ0) is 9.90. The summed E-state index contributed by atoms with van der Waals surface area (Å²) in [5, 5.41) is 3.24. The first kappa shape index (κ1) is 11.0. The van der Waals surface area contributed by atoms with Crippen LogP contribution < -0.4 is 5.73 Å². The third kappa shape index (κ3) is 3.29. The van der Waals surface area contributed by atoms with Gasteiger partial charge in [0, 0.05) is 11.1 Å². The summed E-state index contributed by atoms with van der Waals surface area (Å²) in [6, 6.07) is 0. The maximum atomic E-state index is 5.94. The molecule has 13 heavy (non-hydrogen) atoms. The van der Waals surface area contributed by atoms with Crippen molar-refractivity contribution in [2.24, 2.45) is 5.73 Å². The predicted octanol–water partition coefficient (Wildman–Crippen LogP) is 2.59. The van der Waals surface area contributed by atoms with Crippen LogP contribution in [-0.2, 0) is 11.3 Å². The van der Waals surface area contributed by atoms with Crippen molar-refractivity contribution in [3.8, 4) is 0 Å². The van der Waals surface area contributed by atoms with Crippen molar-refractivity contribution in [2.45, 2.75) is 32.1 Å². The molecule has 0 radical (unpaired) electrons. The molecule has 0 amide bonds. The number of nitrogens with zero attached hydrogens (tertiary/aromatic N) is 1. The van der Waals surface area contributed by atoms with E-state index in [0.717, 1.165) is 17.2 Å². The Hall–Kier alpha value is -0.0600. The number of rotatable bonds is 4. The second-order valence-electron chi connectivity index (χ2n) is 3.49. The highest BCUT2D eigenvalue weighted by molar-refractivity contribution is 7.98. The molecule has 2 nitrogen and oxygen atoms in total. The molecule has 0 spiro atoms. The van der Waals surface area contributed by atoms with E-state index in [4.69, 9.17) is 5.73 Å². The molecule has 0 bridgehead atoms. The molecule has 0 aliphatic carbocycles. The highest BCUT2D eigenvalue weighted by atomic mass is 32.2. The smallest absolute Gasteiger partial charge is 0.103 e. The fourth-order valence-electron chi connectivity index (χ4n) is 0.863. The van der Waals surface area contributed by atoms with Crippen LogP contribution in [0.15, 0.2) is 5.38 Å². The Labute approximate surface area is 87.9 Å². The molecular weight excluding hydrogens is 200 g/mol. The molecule has 0 unspecified atom stereocenters. The van der Waals surface area contributed by atoms with Gasteiger partial charge >= 0.3 is 0 Å². The first-order valence-electron chi connectivity index (χ1n) is 4.35. The van der Waals surface area contributed by atoms with Crippen LogP contribution in [-0.4, -0.2) is 10.7 Å². The Bertz CT molecular complexity index is 263. The zero-order valence-corrected chi connectivity index (χ0v) is 9.97. The molecule has 1 rings (SSSR count). The molecule has 74 valence electrons. The van der Waals surface area contributed by atoms with Crippen molar-refractivity contribution < 1.29 is 0 Å². The normalized spacial score (nSPS) is 12.0. The highest BCUT2D eigenvalue weighted by Crippen LogP contribution is 2.22. The first-order valence-corrected chi connectivity index (χ1v) is 6.39. The molecule has 0 atom stereocenters. The number of hydrogen-bond donors (Lipinski definition) is 1. The summed E-state index contributed by atoms with van der Waals surface area (Å²) in [6.07, 6.45) is 0. The lowest BCUT2D eigenvalue weighted by Gasteiger charge is -2.14. The average molecular weight is 216 g/mol. The second-order valence-corrected chi connectivity index (χ2v) is 5.70. The highest BCUT2D eigenvalue weighted by Gasteiger charge is 2.17. The predicted molar refractivity (Wildman–Crippen MR) is 61.2 cm³/mol. The Morgan fingerprint density at radius 3 is 2.77 bits per heavy atom. The lowest BCUT2D eigenvalue weighted by Crippen LogP contribution is -2.29. The van der Waals surface area contributed by atoms with E-state index >= 15 is 0 Å². The third-order valence-corrected chi connectivity index (χ3v) is 3.56. The van der Waals surface area contributed by atoms with Gasteiger partial charge in [-0.15, -0.1) is 11.3 Å². The summed E-state index contributed by atoms with van der Waals surface area (Å²) >= 11 is 3.60. The largest absolute Gasteiger partial charge is 0.321 e. The van der Waals surface area contributed by atoms with Crippen molar-refractivity contribution in [3.63, 3.8) is 0 Å². The van der Waals surface area contributed by atoms with E-state index in [1.165, 1.54) is 5.01 Å². The van der Waals surface area contributed by atoms with Gasteiger partial charge in [-0.1, -0.05) is 6.92 Å². The van der Waals surface area contributed by atoms with Gasteiger partial charge in [0.05, 0.1) is 11.2 Å². The quantitative estimate of drug-likeness (QED) is 0.841. The minimum atomic E-state index is -0.300. The summed E-state index contributed by atoms with van der Waals surface area (Å²) in [5.74, 6) is 2.15. The Kier molecular flexibility index (Phi) is 3.76. The van der Waals surface area contributed by atoms with E-state index in [-0.39, 0.29) is 5.54 Å². The number of hydrogen-bond acceptors (Lipinski definition) is 4. The monoisotopic (exact) mass is 216 g/mol. The molecule has 0 fully saturated rings. The number of thioether (sulfide) groups is 1. The lowest BCUT2D eigenvalue weighted by molar-refractivity contribution is 0.538. The molecule has 0 saturated heterocycles. The minimum Gasteiger partial charge on any atom is -0.321 e. The van der Waals surface area contributed by atoms with Crippen LogP contribution in [0.2, 0.25) is 0 Å². The van der Waals surface area contributed by atoms with Crippen LogP contribution in [0.1, 0.15) is 31.5 Å². The van der Waals surface area contributed by atoms with Gasteiger partial charge < -0.3 is 5.73 Å². The lowest BCUT2D eigenvalue weighted by atomic mass is 10.0. The SMILES string of the molecule is CCSCc1nc(C(C)(C)N)cs1. The van der Waals surface area contributed by atoms with Crippen molar-refractivity contribution in [1.82, 2.24) is 4.98 Å². The van der Waals surface area contributed by atoms with E-state index in [2.05, 4.69) is 17.3 Å². The fraction of sp³-hybridized carbons (Fsp3) is 0.667. The number of thiazole rings is 1. The van der Waals surface area contributed by atoms with Crippen LogP contribution in [0, 0.1) is 0 Å². The molecule has 0 saturated carbocycles. The van der Waals surface area contributed by atoms with Crippen molar-refractivity contribution in [1.29, 1.82) is 0 Å². The maximum absolute atomic E-state index is 5.94. The van der Waals surface area contributed by atoms with Gasteiger partial charge in [0.2, 0.25) is 0 Å². The third-order valence-electron chi connectivity index (χ3n) is 1.64. The van der Waals surface area contributed by atoms with E-state index in [1.54, 1.807) is 11.3 Å². The van der Waals surface area contributed by atoms with Gasteiger partial charge in [0.15, 0.2) is 0 Å². The molecule has 0 aliphatic heterocycles. The second kappa shape index (κ2) is 4.44. The molecule has 1 heterocycles. The Balaban J connectivity index is 2.64. The van der Waals surface area contributed by atoms with Gasteiger partial charge in [-0.25, -0.2) is 4.98 Å². The van der Waals surface area contributed by atoms with E-state index < -0.39 is 0 Å². The Morgan fingerprint density at radius 2 is 2.31 bits per heavy atom. The van der Waals surface area contributed by atoms with Crippen LogP contribution in [0.5, 0.6) is 0 Å². The first-order chi connectivity index (χ1) is 6.04. The van der Waals surface area contributed by atoms with Crippen LogP contribution in [0.4, 0.5) is 0 Å². The van der Waals surface area contributed by atoms with E-state index in [0.29, 0.717) is 0 Å². The molecule has 4 heteroatoms. The summed E-state index contributed by atoms with van der Waals surface area (Å²) in [7, 11) is 0. The summed E-state index contributed by atoms with van der Waals surface area (Å²) < 4.78 is 0. The molecule has 0 aliphatic rings. The standard InChI is InChI=1S/C9H16N2S2/c1-4-12-6-8-11-7(5-13-8)9(2,3)10/h5H,4,6,10H2,1-3H3. The van der Waals surface area contributed by atoms with Gasteiger partial charge in [0.1, 0.15) is 5.01 Å². The van der Waals surface area contributed by atoms with Gasteiger partial charge in [-0.2, -0.15) is 11.8 Å². The summed E-state index contributed by atoms with van der Waals surface area (Å²) in [6.45, 7) is 6.13. The van der Waals surface area contributed by atoms with Crippen molar-refractivity contribution in [3.05, 3.63) is 16.1 Å². The van der Waals surface area contributed by atoms with E-state index in [1.807, 2.05) is 25.6 Å². The van der Waals surface area contributed by atoms with Crippen LogP contribution in [0.25, 0.3) is 0 Å². The number of nitrogens with two attached hydrogens (primary N) is 1. The van der Waals surface area contributed by atoms with Gasteiger partial charge in [-0.05, 0) is 19.6 Å². The average Bonchev–Trinajstić information content (AvgIpc) is 2.47. The molecule has 1 aromatic heterocycles. The molecule has 2 N–H and O–H groups in total. The summed E-state index contributed by atoms with van der Waals surface area (Å²) in [4.78, 5) is 4.49. The fourth-order valence-corrected chi connectivity index (χ4v) is 2.58. The van der Waals surface area contributed by atoms with Crippen molar-refractivity contribution in [2.75, 3.05) is 5.75 Å². The molecular formula is C9H16N2S2. The minimum absolute atomic E-state index is 0.300. The Morgan fingerprint density at radius 1 is 1.62 bits per heavy atom. The van der Waals surface area contributed by atoms with Crippen molar-refractivity contribution >= 4 is 23.1 Å². The van der Waals surface area contributed by atoms with Crippen LogP contribution in [0.3, 0.4) is 0 Å². The van der Waals surface area contributed by atoms with E-state index in [9.17, 15) is 0 Å². The van der Waals surface area contributed by atoms with Crippen LogP contribution >= 0.6 is 23.1 Å². The summed E-state index contributed by atoms with van der Waals surface area (Å²) in [5.41, 5.74) is 6.64. The molecule has 0 aromatic carbocycles. The van der Waals surface area contributed by atoms with Gasteiger partial charge in [0.25, 0.3) is 0 Å². The molecule has 1 aromatic rings.